The fraction of sp³-hybridized carbons (Fsp3) is 0.556. The van der Waals surface area contributed by atoms with Gasteiger partial charge in [0.2, 0.25) is 5.91 Å². The average Bonchev–Trinajstić information content (AvgIpc) is 2.61. The van der Waals surface area contributed by atoms with Gasteiger partial charge in [-0.15, -0.1) is 0 Å². The minimum atomic E-state index is -0.484. The summed E-state index contributed by atoms with van der Waals surface area (Å²) >= 11 is 1.95. The molecule has 2 aliphatic rings. The van der Waals surface area contributed by atoms with Crippen molar-refractivity contribution in [3.8, 4) is 6.07 Å². The number of piperidine rings is 1. The maximum absolute atomic E-state index is 14.1. The molecule has 2 unspecified atom stereocenters. The molecule has 1 N–H and O–H groups in total. The van der Waals surface area contributed by atoms with Gasteiger partial charge in [-0.25, -0.2) is 4.39 Å². The number of fused-ring (bicyclic) bond motifs is 1. The third-order valence-corrected chi connectivity index (χ3v) is 5.97. The number of nitrogens with one attached hydrogen (secondary N) is 1. The Morgan fingerprint density at radius 3 is 3.12 bits per heavy atom. The number of rotatable bonds is 4. The van der Waals surface area contributed by atoms with E-state index in [1.165, 1.54) is 6.07 Å². The number of hydrogen-bond donors (Lipinski definition) is 1. The zero-order valence-corrected chi connectivity index (χ0v) is 15.2. The van der Waals surface area contributed by atoms with Gasteiger partial charge in [-0.05, 0) is 37.6 Å². The van der Waals surface area contributed by atoms with E-state index in [-0.39, 0.29) is 24.1 Å². The summed E-state index contributed by atoms with van der Waals surface area (Å²) in [7, 11) is 1.69. The van der Waals surface area contributed by atoms with Gasteiger partial charge >= 0.3 is 0 Å². The molecule has 2 aliphatic heterocycles. The number of amides is 1. The Morgan fingerprint density at radius 2 is 2.36 bits per heavy atom. The Balaban J connectivity index is 1.59. The van der Waals surface area contributed by atoms with Crippen LogP contribution in [0.4, 0.5) is 10.1 Å². The van der Waals surface area contributed by atoms with Crippen molar-refractivity contribution >= 4 is 23.4 Å². The van der Waals surface area contributed by atoms with Crippen LogP contribution in [-0.2, 0) is 4.79 Å². The highest BCUT2D eigenvalue weighted by Crippen LogP contribution is 2.25. The predicted molar refractivity (Wildman–Crippen MR) is 98.2 cm³/mol. The van der Waals surface area contributed by atoms with Crippen molar-refractivity contribution in [1.29, 1.82) is 5.26 Å². The van der Waals surface area contributed by atoms with Gasteiger partial charge in [0, 0.05) is 37.2 Å². The molecule has 25 heavy (non-hydrogen) atoms. The van der Waals surface area contributed by atoms with E-state index in [9.17, 15) is 9.18 Å². The highest BCUT2D eigenvalue weighted by Gasteiger charge is 2.34. The van der Waals surface area contributed by atoms with Crippen molar-refractivity contribution in [2.45, 2.75) is 24.9 Å². The molecule has 0 bridgehead atoms. The van der Waals surface area contributed by atoms with Crippen LogP contribution in [0.3, 0.4) is 0 Å². The van der Waals surface area contributed by atoms with Crippen LogP contribution < -0.4 is 10.2 Å². The molecule has 0 spiro atoms. The zero-order valence-electron chi connectivity index (χ0n) is 14.4. The van der Waals surface area contributed by atoms with Crippen LogP contribution in [-0.4, -0.2) is 61.1 Å². The van der Waals surface area contributed by atoms with Gasteiger partial charge in [-0.2, -0.15) is 17.0 Å². The van der Waals surface area contributed by atoms with Crippen LogP contribution in [0, 0.1) is 17.1 Å². The first-order valence-corrected chi connectivity index (χ1v) is 9.76. The number of nitriles is 1. The Labute approximate surface area is 152 Å². The summed E-state index contributed by atoms with van der Waals surface area (Å²) in [6.45, 7) is 2.31. The molecule has 2 atom stereocenters. The molecule has 3 rings (SSSR count). The molecular weight excluding hydrogens is 339 g/mol. The maximum Gasteiger partial charge on any atom is 0.239 e. The van der Waals surface area contributed by atoms with Crippen LogP contribution in [0.5, 0.6) is 0 Å². The second-order valence-electron chi connectivity index (χ2n) is 6.63. The lowest BCUT2D eigenvalue weighted by Crippen LogP contribution is -2.59. The highest BCUT2D eigenvalue weighted by atomic mass is 32.2. The fourth-order valence-corrected chi connectivity index (χ4v) is 4.83. The SMILES string of the molecule is CN(CC(=O)NC1CCCN2CCSCC12)c1ccc(C#N)cc1F. The van der Waals surface area contributed by atoms with Gasteiger partial charge < -0.3 is 10.2 Å². The normalized spacial score (nSPS) is 23.4. The molecule has 0 aromatic heterocycles. The van der Waals surface area contributed by atoms with E-state index in [0.29, 0.717) is 11.7 Å². The van der Waals surface area contributed by atoms with Gasteiger partial charge in [-0.1, -0.05) is 0 Å². The second-order valence-corrected chi connectivity index (χ2v) is 7.78. The number of anilines is 1. The first-order valence-electron chi connectivity index (χ1n) is 8.60. The number of nitrogens with zero attached hydrogens (tertiary/aromatic N) is 3. The number of carbonyl (C=O) groups is 1. The van der Waals surface area contributed by atoms with E-state index in [2.05, 4.69) is 10.2 Å². The summed E-state index contributed by atoms with van der Waals surface area (Å²) in [5.41, 5.74) is 0.601. The zero-order chi connectivity index (χ0) is 17.8. The van der Waals surface area contributed by atoms with Crippen molar-refractivity contribution in [2.75, 3.05) is 43.1 Å². The maximum atomic E-state index is 14.1. The highest BCUT2D eigenvalue weighted by molar-refractivity contribution is 7.99. The lowest BCUT2D eigenvalue weighted by molar-refractivity contribution is -0.121. The number of benzene rings is 1. The average molecular weight is 362 g/mol. The summed E-state index contributed by atoms with van der Waals surface area (Å²) in [6, 6.07) is 6.80. The molecule has 1 amide bonds. The minimum absolute atomic E-state index is 0.0892. The second kappa shape index (κ2) is 8.07. The first kappa shape index (κ1) is 18.0. The van der Waals surface area contributed by atoms with Crippen LogP contribution >= 0.6 is 11.8 Å². The number of halogens is 1. The number of likely N-dealkylation sites (N-methyl/N-ethyl adjacent to an activating group) is 1. The summed E-state index contributed by atoms with van der Waals surface area (Å²) < 4.78 is 14.1. The summed E-state index contributed by atoms with van der Waals surface area (Å²) in [5.74, 6) is 1.65. The molecule has 2 heterocycles. The van der Waals surface area contributed by atoms with E-state index in [1.54, 1.807) is 24.1 Å². The van der Waals surface area contributed by atoms with Crippen LogP contribution in [0.25, 0.3) is 0 Å². The number of carbonyl (C=O) groups excluding carboxylic acids is 1. The molecule has 7 heteroatoms. The smallest absolute Gasteiger partial charge is 0.239 e. The molecular formula is C18H23FN4OS. The van der Waals surface area contributed by atoms with Crippen LogP contribution in [0.15, 0.2) is 18.2 Å². The predicted octanol–water partition coefficient (Wildman–Crippen LogP) is 1.83. The lowest BCUT2D eigenvalue weighted by Gasteiger charge is -2.44. The third kappa shape index (κ3) is 4.25. The Hall–Kier alpha value is -1.78. The summed E-state index contributed by atoms with van der Waals surface area (Å²) in [4.78, 5) is 16.5. The topological polar surface area (TPSA) is 59.4 Å². The third-order valence-electron chi connectivity index (χ3n) is 4.92. The molecule has 1 aromatic carbocycles. The summed E-state index contributed by atoms with van der Waals surface area (Å²) in [5, 5.41) is 12.0. The van der Waals surface area contributed by atoms with Crippen molar-refractivity contribution in [3.63, 3.8) is 0 Å². The molecule has 0 aliphatic carbocycles. The van der Waals surface area contributed by atoms with Crippen molar-refractivity contribution in [3.05, 3.63) is 29.6 Å². The van der Waals surface area contributed by atoms with Crippen LogP contribution in [0.2, 0.25) is 0 Å². The van der Waals surface area contributed by atoms with Gasteiger partial charge in [0.15, 0.2) is 0 Å². The van der Waals surface area contributed by atoms with Crippen molar-refractivity contribution < 1.29 is 9.18 Å². The fourth-order valence-electron chi connectivity index (χ4n) is 3.62. The Bertz CT molecular complexity index is 676. The number of thioether (sulfide) groups is 1. The molecule has 2 saturated heterocycles. The molecule has 2 fully saturated rings. The van der Waals surface area contributed by atoms with E-state index >= 15 is 0 Å². The monoisotopic (exact) mass is 362 g/mol. The van der Waals surface area contributed by atoms with Crippen molar-refractivity contribution in [1.82, 2.24) is 10.2 Å². The molecule has 0 saturated carbocycles. The molecule has 5 nitrogen and oxygen atoms in total. The quantitative estimate of drug-likeness (QED) is 0.886. The lowest BCUT2D eigenvalue weighted by atomic mass is 9.97. The number of hydrogen-bond acceptors (Lipinski definition) is 5. The van der Waals surface area contributed by atoms with E-state index in [0.717, 1.165) is 37.4 Å². The molecule has 134 valence electrons. The van der Waals surface area contributed by atoms with Crippen LogP contribution in [0.1, 0.15) is 18.4 Å². The van der Waals surface area contributed by atoms with Gasteiger partial charge in [0.25, 0.3) is 0 Å². The van der Waals surface area contributed by atoms with Gasteiger partial charge in [-0.3, -0.25) is 9.69 Å². The summed E-state index contributed by atoms with van der Waals surface area (Å²) in [6.07, 6.45) is 2.11. The van der Waals surface area contributed by atoms with Crippen molar-refractivity contribution in [2.24, 2.45) is 0 Å². The standard InChI is InChI=1S/C18H23FN4OS/c1-22(16-5-4-13(10-20)9-14(16)19)11-18(24)21-15-3-2-6-23-7-8-25-12-17(15)23/h4-5,9,15,17H,2-3,6-8,11-12H2,1H3,(H,21,24). The Kier molecular flexibility index (Phi) is 5.82. The van der Waals surface area contributed by atoms with Gasteiger partial charge in [0.1, 0.15) is 5.82 Å². The Morgan fingerprint density at radius 1 is 1.52 bits per heavy atom. The largest absolute Gasteiger partial charge is 0.363 e. The van der Waals surface area contributed by atoms with E-state index in [4.69, 9.17) is 5.26 Å². The molecule has 0 radical (unpaired) electrons. The van der Waals surface area contributed by atoms with Gasteiger partial charge in [0.05, 0.1) is 23.9 Å². The van der Waals surface area contributed by atoms with E-state index < -0.39 is 5.82 Å². The first-order chi connectivity index (χ1) is 12.1. The van der Waals surface area contributed by atoms with E-state index in [1.807, 2.05) is 17.8 Å². The minimum Gasteiger partial charge on any atom is -0.363 e. The molecule has 1 aromatic rings.